The highest BCUT2D eigenvalue weighted by molar-refractivity contribution is 5.72. The molecule has 1 aromatic rings. The third-order valence-electron chi connectivity index (χ3n) is 2.99. The Labute approximate surface area is 104 Å². The van der Waals surface area contributed by atoms with E-state index in [-0.39, 0.29) is 0 Å². The van der Waals surface area contributed by atoms with Gasteiger partial charge in [0.1, 0.15) is 24.1 Å². The summed E-state index contributed by atoms with van der Waals surface area (Å²) < 4.78 is 5.57. The van der Waals surface area contributed by atoms with Crippen molar-refractivity contribution in [3.05, 3.63) is 30.3 Å². The number of nitrogens with one attached hydrogen (secondary N) is 1. The second kappa shape index (κ2) is 5.24. The molecular formula is C12H16N2O4. The minimum atomic E-state index is -1.08. The molecule has 0 radical (unpaired) electrons. The predicted molar refractivity (Wildman–Crippen MR) is 64.0 cm³/mol. The number of aliphatic hydroxyl groups is 2. The fourth-order valence-corrected chi connectivity index (χ4v) is 2.11. The van der Waals surface area contributed by atoms with Crippen LogP contribution in [-0.2, 0) is 0 Å². The molecule has 0 aromatic heterocycles. The average molecular weight is 252 g/mol. The number of rotatable bonds is 3. The van der Waals surface area contributed by atoms with Gasteiger partial charge in [-0.15, -0.1) is 0 Å². The Morgan fingerprint density at radius 1 is 1.28 bits per heavy atom. The summed E-state index contributed by atoms with van der Waals surface area (Å²) in [6, 6.07) is 7.67. The number of para-hydroxylation sites is 1. The van der Waals surface area contributed by atoms with Crippen LogP contribution in [0.25, 0.3) is 0 Å². The number of nitrogens with two attached hydrogens (primary N) is 1. The Bertz CT molecular complexity index is 412. The zero-order valence-electron chi connectivity index (χ0n) is 9.69. The molecule has 0 heterocycles. The van der Waals surface area contributed by atoms with Crippen LogP contribution in [-0.4, -0.2) is 40.6 Å². The lowest BCUT2D eigenvalue weighted by atomic mass is 10.2. The van der Waals surface area contributed by atoms with Crippen LogP contribution in [0.1, 0.15) is 6.42 Å². The van der Waals surface area contributed by atoms with Crippen LogP contribution in [0, 0.1) is 0 Å². The van der Waals surface area contributed by atoms with Gasteiger partial charge >= 0.3 is 6.03 Å². The van der Waals surface area contributed by atoms with E-state index in [4.69, 9.17) is 10.5 Å². The number of aliphatic hydroxyl groups excluding tert-OH is 2. The highest BCUT2D eigenvalue weighted by Gasteiger charge is 2.43. The van der Waals surface area contributed by atoms with E-state index in [1.165, 1.54) is 0 Å². The molecule has 0 aliphatic heterocycles. The van der Waals surface area contributed by atoms with Crippen molar-refractivity contribution in [2.24, 2.45) is 5.73 Å². The fourth-order valence-electron chi connectivity index (χ4n) is 2.11. The second-order valence-corrected chi connectivity index (χ2v) is 4.30. The van der Waals surface area contributed by atoms with Gasteiger partial charge in [0.15, 0.2) is 0 Å². The molecule has 0 spiro atoms. The van der Waals surface area contributed by atoms with Gasteiger partial charge in [-0.3, -0.25) is 0 Å². The predicted octanol–water partition coefficient (Wildman–Crippen LogP) is -0.404. The second-order valence-electron chi connectivity index (χ2n) is 4.30. The number of amides is 2. The first-order chi connectivity index (χ1) is 8.58. The van der Waals surface area contributed by atoms with E-state index in [9.17, 15) is 15.0 Å². The zero-order valence-corrected chi connectivity index (χ0v) is 9.69. The molecule has 6 heteroatoms. The van der Waals surface area contributed by atoms with Crippen LogP contribution in [0.3, 0.4) is 0 Å². The lowest BCUT2D eigenvalue weighted by Gasteiger charge is -2.18. The Morgan fingerprint density at radius 3 is 2.56 bits per heavy atom. The first-order valence-electron chi connectivity index (χ1n) is 5.71. The molecule has 0 bridgehead atoms. The van der Waals surface area contributed by atoms with E-state index >= 15 is 0 Å². The van der Waals surface area contributed by atoms with Crippen molar-refractivity contribution in [3.63, 3.8) is 0 Å². The molecule has 2 rings (SSSR count). The molecular weight excluding hydrogens is 236 g/mol. The third-order valence-corrected chi connectivity index (χ3v) is 2.99. The van der Waals surface area contributed by atoms with Crippen molar-refractivity contribution in [2.45, 2.75) is 30.8 Å². The largest absolute Gasteiger partial charge is 0.488 e. The summed E-state index contributed by atoms with van der Waals surface area (Å²) in [6.07, 6.45) is -2.40. The topological polar surface area (TPSA) is 105 Å². The van der Waals surface area contributed by atoms with E-state index in [2.05, 4.69) is 5.32 Å². The number of ether oxygens (including phenoxy) is 1. The maximum Gasteiger partial charge on any atom is 0.312 e. The van der Waals surface area contributed by atoms with Gasteiger partial charge < -0.3 is 26.0 Å². The van der Waals surface area contributed by atoms with Gasteiger partial charge in [-0.1, -0.05) is 18.2 Å². The van der Waals surface area contributed by atoms with Crippen molar-refractivity contribution >= 4 is 6.03 Å². The van der Waals surface area contributed by atoms with Crippen molar-refractivity contribution < 1.29 is 19.7 Å². The summed E-state index contributed by atoms with van der Waals surface area (Å²) in [4.78, 5) is 10.8. The standard InChI is InChI=1S/C12H16N2O4/c13-12(17)14-8-6-9(11(16)10(8)15)18-7-4-2-1-3-5-7/h1-5,8-11,15-16H,6H2,(H3,13,14,17)/t8-,9-,10+,11+/m1/s1. The summed E-state index contributed by atoms with van der Waals surface area (Å²) >= 11 is 0. The highest BCUT2D eigenvalue weighted by atomic mass is 16.5. The minimum Gasteiger partial charge on any atom is -0.488 e. The van der Waals surface area contributed by atoms with Crippen molar-refractivity contribution in [2.75, 3.05) is 0 Å². The van der Waals surface area contributed by atoms with Gasteiger partial charge in [-0.05, 0) is 12.1 Å². The number of hydrogen-bond acceptors (Lipinski definition) is 4. The van der Waals surface area contributed by atoms with Crippen LogP contribution in [0.15, 0.2) is 30.3 Å². The minimum absolute atomic E-state index is 0.306. The van der Waals surface area contributed by atoms with Crippen molar-refractivity contribution in [1.82, 2.24) is 5.32 Å². The maximum atomic E-state index is 10.8. The Hall–Kier alpha value is -1.79. The number of carbonyl (C=O) groups is 1. The molecule has 1 aliphatic carbocycles. The van der Waals surface area contributed by atoms with Crippen molar-refractivity contribution in [1.29, 1.82) is 0 Å². The molecule has 0 unspecified atom stereocenters. The first kappa shape index (κ1) is 12.7. The number of urea groups is 1. The molecule has 5 N–H and O–H groups in total. The summed E-state index contributed by atoms with van der Waals surface area (Å²) in [7, 11) is 0. The molecule has 1 aromatic carbocycles. The third kappa shape index (κ3) is 2.72. The molecule has 1 fully saturated rings. The number of benzene rings is 1. The zero-order chi connectivity index (χ0) is 13.1. The smallest absolute Gasteiger partial charge is 0.312 e. The SMILES string of the molecule is NC(=O)N[C@@H]1C[C@@H](Oc2ccccc2)[C@H](O)[C@H]1O. The van der Waals surface area contributed by atoms with E-state index in [0.717, 1.165) is 0 Å². The molecule has 1 aliphatic rings. The molecule has 0 saturated heterocycles. The Kier molecular flexibility index (Phi) is 3.69. The van der Waals surface area contributed by atoms with E-state index in [1.807, 2.05) is 18.2 Å². The quantitative estimate of drug-likeness (QED) is 0.587. The number of primary amides is 1. The van der Waals surface area contributed by atoms with E-state index < -0.39 is 30.4 Å². The molecule has 18 heavy (non-hydrogen) atoms. The molecule has 2 amide bonds. The summed E-state index contributed by atoms with van der Waals surface area (Å²) in [5.74, 6) is 0.605. The van der Waals surface area contributed by atoms with Gasteiger partial charge in [0.2, 0.25) is 0 Å². The molecule has 1 saturated carbocycles. The summed E-state index contributed by atoms with van der Waals surface area (Å²) in [6.45, 7) is 0. The van der Waals surface area contributed by atoms with Gasteiger partial charge in [0.25, 0.3) is 0 Å². The normalized spacial score (nSPS) is 31.0. The Balaban J connectivity index is 2.00. The van der Waals surface area contributed by atoms with Crippen LogP contribution < -0.4 is 15.8 Å². The van der Waals surface area contributed by atoms with Crippen LogP contribution in [0.4, 0.5) is 4.79 Å². The summed E-state index contributed by atoms with van der Waals surface area (Å²) in [5, 5.41) is 22.0. The molecule has 4 atom stereocenters. The maximum absolute atomic E-state index is 10.8. The van der Waals surface area contributed by atoms with E-state index in [1.54, 1.807) is 12.1 Å². The van der Waals surface area contributed by atoms with Crippen LogP contribution in [0.2, 0.25) is 0 Å². The van der Waals surface area contributed by atoms with Crippen LogP contribution in [0.5, 0.6) is 5.75 Å². The fraction of sp³-hybridized carbons (Fsp3) is 0.417. The van der Waals surface area contributed by atoms with Gasteiger partial charge in [-0.25, -0.2) is 4.79 Å². The number of hydrogen-bond donors (Lipinski definition) is 4. The van der Waals surface area contributed by atoms with Gasteiger partial charge in [0, 0.05) is 6.42 Å². The monoisotopic (exact) mass is 252 g/mol. The van der Waals surface area contributed by atoms with Crippen molar-refractivity contribution in [3.8, 4) is 5.75 Å². The Morgan fingerprint density at radius 2 is 1.94 bits per heavy atom. The average Bonchev–Trinajstić information content (AvgIpc) is 2.58. The van der Waals surface area contributed by atoms with E-state index in [0.29, 0.717) is 12.2 Å². The lowest BCUT2D eigenvalue weighted by Crippen LogP contribution is -2.45. The lowest BCUT2D eigenvalue weighted by molar-refractivity contribution is -0.0130. The highest BCUT2D eigenvalue weighted by Crippen LogP contribution is 2.25. The molecule has 6 nitrogen and oxygen atoms in total. The van der Waals surface area contributed by atoms with Gasteiger partial charge in [0.05, 0.1) is 6.04 Å². The number of carbonyl (C=O) groups excluding carboxylic acids is 1. The van der Waals surface area contributed by atoms with Gasteiger partial charge in [-0.2, -0.15) is 0 Å². The first-order valence-corrected chi connectivity index (χ1v) is 5.71. The van der Waals surface area contributed by atoms with Crippen LogP contribution >= 0.6 is 0 Å². The summed E-state index contributed by atoms with van der Waals surface area (Å²) in [5.41, 5.74) is 4.99. The molecule has 98 valence electrons.